The number of hydrogen-bond acceptors (Lipinski definition) is 3. The maximum Gasteiger partial charge on any atom is 0.220 e. The minimum Gasteiger partial charge on any atom is -0.349 e. The van der Waals surface area contributed by atoms with Gasteiger partial charge < -0.3 is 5.32 Å². The number of aromatic nitrogens is 1. The SMILES string of the molecule is Cc1nc(C)c(C(C)NC(=O)CCc2ccccc2F)s1. The molecule has 0 aliphatic heterocycles. The summed E-state index contributed by atoms with van der Waals surface area (Å²) in [6, 6.07) is 6.49. The highest BCUT2D eigenvalue weighted by Gasteiger charge is 2.15. The molecule has 0 fully saturated rings. The largest absolute Gasteiger partial charge is 0.349 e. The first-order valence-corrected chi connectivity index (χ1v) is 7.75. The molecule has 21 heavy (non-hydrogen) atoms. The average Bonchev–Trinajstić information content (AvgIpc) is 2.77. The molecule has 1 unspecified atom stereocenters. The zero-order valence-electron chi connectivity index (χ0n) is 12.4. The van der Waals surface area contributed by atoms with E-state index in [9.17, 15) is 9.18 Å². The molecule has 1 aromatic heterocycles. The van der Waals surface area contributed by atoms with Crippen LogP contribution in [0.25, 0.3) is 0 Å². The number of nitrogens with zero attached hydrogens (tertiary/aromatic N) is 1. The molecule has 0 radical (unpaired) electrons. The number of benzene rings is 1. The zero-order chi connectivity index (χ0) is 15.4. The topological polar surface area (TPSA) is 42.0 Å². The van der Waals surface area contributed by atoms with Gasteiger partial charge in [0.2, 0.25) is 5.91 Å². The van der Waals surface area contributed by atoms with Gasteiger partial charge in [0, 0.05) is 11.3 Å². The van der Waals surface area contributed by atoms with Crippen LogP contribution in [0.3, 0.4) is 0 Å². The Bertz CT molecular complexity index is 639. The lowest BCUT2D eigenvalue weighted by Crippen LogP contribution is -2.26. The Morgan fingerprint density at radius 2 is 2.10 bits per heavy atom. The van der Waals surface area contributed by atoms with E-state index in [0.29, 0.717) is 12.0 Å². The van der Waals surface area contributed by atoms with Crippen LogP contribution >= 0.6 is 11.3 Å². The number of amides is 1. The molecule has 0 aliphatic rings. The number of hydrogen-bond donors (Lipinski definition) is 1. The maximum absolute atomic E-state index is 13.5. The van der Waals surface area contributed by atoms with Gasteiger partial charge in [0.15, 0.2) is 0 Å². The summed E-state index contributed by atoms with van der Waals surface area (Å²) in [6.07, 6.45) is 0.689. The number of carbonyl (C=O) groups excluding carboxylic acids is 1. The lowest BCUT2D eigenvalue weighted by Gasteiger charge is -2.13. The van der Waals surface area contributed by atoms with E-state index in [-0.39, 0.29) is 24.2 Å². The fourth-order valence-electron chi connectivity index (χ4n) is 2.28. The van der Waals surface area contributed by atoms with Crippen molar-refractivity contribution in [2.45, 2.75) is 39.7 Å². The number of halogens is 1. The first kappa shape index (κ1) is 15.6. The van der Waals surface area contributed by atoms with Crippen molar-refractivity contribution in [2.24, 2.45) is 0 Å². The van der Waals surface area contributed by atoms with Crippen molar-refractivity contribution in [3.63, 3.8) is 0 Å². The predicted octanol–water partition coefficient (Wildman–Crippen LogP) is 3.71. The average molecular weight is 306 g/mol. The van der Waals surface area contributed by atoms with Crippen LogP contribution in [0, 0.1) is 19.7 Å². The minimum atomic E-state index is -0.257. The Morgan fingerprint density at radius 3 is 2.71 bits per heavy atom. The van der Waals surface area contributed by atoms with E-state index in [1.165, 1.54) is 6.07 Å². The molecule has 1 N–H and O–H groups in total. The van der Waals surface area contributed by atoms with Crippen molar-refractivity contribution < 1.29 is 9.18 Å². The third kappa shape index (κ3) is 4.11. The quantitative estimate of drug-likeness (QED) is 0.915. The van der Waals surface area contributed by atoms with Gasteiger partial charge in [0.1, 0.15) is 5.82 Å². The highest BCUT2D eigenvalue weighted by molar-refractivity contribution is 7.11. The number of rotatable bonds is 5. The van der Waals surface area contributed by atoms with Gasteiger partial charge in [0.05, 0.1) is 16.7 Å². The van der Waals surface area contributed by atoms with Gasteiger partial charge in [-0.15, -0.1) is 11.3 Å². The molecule has 5 heteroatoms. The normalized spacial score (nSPS) is 12.2. The summed E-state index contributed by atoms with van der Waals surface area (Å²) < 4.78 is 13.5. The molecule has 1 heterocycles. The van der Waals surface area contributed by atoms with Gasteiger partial charge in [-0.05, 0) is 38.8 Å². The van der Waals surface area contributed by atoms with Crippen LogP contribution in [0.15, 0.2) is 24.3 Å². The van der Waals surface area contributed by atoms with Gasteiger partial charge in [-0.25, -0.2) is 9.37 Å². The molecule has 3 nitrogen and oxygen atoms in total. The highest BCUT2D eigenvalue weighted by atomic mass is 32.1. The van der Waals surface area contributed by atoms with E-state index in [1.807, 2.05) is 20.8 Å². The fourth-order valence-corrected chi connectivity index (χ4v) is 3.21. The Morgan fingerprint density at radius 1 is 1.38 bits per heavy atom. The third-order valence-corrected chi connectivity index (χ3v) is 4.54. The van der Waals surface area contributed by atoms with E-state index in [4.69, 9.17) is 0 Å². The molecule has 1 amide bonds. The van der Waals surface area contributed by atoms with Gasteiger partial charge >= 0.3 is 0 Å². The summed E-state index contributed by atoms with van der Waals surface area (Å²) >= 11 is 1.60. The fraction of sp³-hybridized carbons (Fsp3) is 0.375. The Labute approximate surface area is 128 Å². The van der Waals surface area contributed by atoms with Crippen LogP contribution < -0.4 is 5.32 Å². The van der Waals surface area contributed by atoms with Gasteiger partial charge in [-0.1, -0.05) is 18.2 Å². The van der Waals surface area contributed by atoms with Crippen molar-refractivity contribution in [1.82, 2.24) is 10.3 Å². The molecule has 2 aromatic rings. The molecule has 0 bridgehead atoms. The van der Waals surface area contributed by atoms with Crippen LogP contribution in [0.5, 0.6) is 0 Å². The molecular formula is C16H19FN2OS. The second-order valence-corrected chi connectivity index (χ2v) is 6.30. The van der Waals surface area contributed by atoms with Crippen LogP contribution in [-0.2, 0) is 11.2 Å². The predicted molar refractivity (Wildman–Crippen MR) is 82.9 cm³/mol. The first-order valence-electron chi connectivity index (χ1n) is 6.94. The molecule has 112 valence electrons. The molecule has 1 atom stereocenters. The Kier molecular flexibility index (Phi) is 5.07. The smallest absolute Gasteiger partial charge is 0.220 e. The number of aryl methyl sites for hydroxylation is 3. The second kappa shape index (κ2) is 6.80. The zero-order valence-corrected chi connectivity index (χ0v) is 13.3. The van der Waals surface area contributed by atoms with Crippen molar-refractivity contribution in [2.75, 3.05) is 0 Å². The van der Waals surface area contributed by atoms with E-state index in [0.717, 1.165) is 15.6 Å². The van der Waals surface area contributed by atoms with E-state index in [1.54, 1.807) is 29.5 Å². The lowest BCUT2D eigenvalue weighted by atomic mass is 10.1. The summed E-state index contributed by atoms with van der Waals surface area (Å²) in [5.41, 5.74) is 1.53. The molecular weight excluding hydrogens is 287 g/mol. The van der Waals surface area contributed by atoms with E-state index < -0.39 is 0 Å². The number of carbonyl (C=O) groups is 1. The van der Waals surface area contributed by atoms with Crippen molar-refractivity contribution in [1.29, 1.82) is 0 Å². The third-order valence-electron chi connectivity index (χ3n) is 3.29. The van der Waals surface area contributed by atoms with Gasteiger partial charge in [-0.2, -0.15) is 0 Å². The van der Waals surface area contributed by atoms with Crippen molar-refractivity contribution in [3.8, 4) is 0 Å². The molecule has 0 saturated heterocycles. The van der Waals surface area contributed by atoms with E-state index in [2.05, 4.69) is 10.3 Å². The number of nitrogens with one attached hydrogen (secondary N) is 1. The molecule has 0 aliphatic carbocycles. The maximum atomic E-state index is 13.5. The van der Waals surface area contributed by atoms with Crippen molar-refractivity contribution in [3.05, 3.63) is 51.2 Å². The Hall–Kier alpha value is -1.75. The second-order valence-electron chi connectivity index (χ2n) is 5.06. The molecule has 2 rings (SSSR count). The standard InChI is InChI=1S/C16H19FN2OS/c1-10-16(21-12(3)18-10)11(2)19-15(20)9-8-13-6-4-5-7-14(13)17/h4-7,11H,8-9H2,1-3H3,(H,19,20). The molecule has 1 aromatic carbocycles. The summed E-state index contributed by atoms with van der Waals surface area (Å²) in [5, 5.41) is 3.94. The highest BCUT2D eigenvalue weighted by Crippen LogP contribution is 2.24. The van der Waals surface area contributed by atoms with Gasteiger partial charge in [-0.3, -0.25) is 4.79 Å². The molecule has 0 spiro atoms. The molecule has 0 saturated carbocycles. The van der Waals surface area contributed by atoms with Crippen LogP contribution in [-0.4, -0.2) is 10.9 Å². The Balaban J connectivity index is 1.90. The van der Waals surface area contributed by atoms with Gasteiger partial charge in [0.25, 0.3) is 0 Å². The van der Waals surface area contributed by atoms with E-state index >= 15 is 0 Å². The lowest BCUT2D eigenvalue weighted by molar-refractivity contribution is -0.121. The van der Waals surface area contributed by atoms with Crippen LogP contribution in [0.4, 0.5) is 4.39 Å². The summed E-state index contributed by atoms with van der Waals surface area (Å²) in [7, 11) is 0. The summed E-state index contributed by atoms with van der Waals surface area (Å²) in [6.45, 7) is 5.84. The summed E-state index contributed by atoms with van der Waals surface area (Å²) in [5.74, 6) is -0.330. The summed E-state index contributed by atoms with van der Waals surface area (Å²) in [4.78, 5) is 17.4. The number of thiazole rings is 1. The first-order chi connectivity index (χ1) is 9.97. The monoisotopic (exact) mass is 306 g/mol. The van der Waals surface area contributed by atoms with Crippen LogP contribution in [0.2, 0.25) is 0 Å². The van der Waals surface area contributed by atoms with Crippen molar-refractivity contribution >= 4 is 17.2 Å². The minimum absolute atomic E-state index is 0.0654. The van der Waals surface area contributed by atoms with Crippen LogP contribution in [0.1, 0.15) is 40.5 Å².